The number of amides is 2. The van der Waals surface area contributed by atoms with Gasteiger partial charge in [-0.15, -0.1) is 0 Å². The van der Waals surface area contributed by atoms with Crippen molar-refractivity contribution in [1.29, 1.82) is 0 Å². The molecule has 16 heavy (non-hydrogen) atoms. The zero-order valence-corrected chi connectivity index (χ0v) is 9.27. The van der Waals surface area contributed by atoms with Crippen LogP contribution in [-0.4, -0.2) is 11.8 Å². The van der Waals surface area contributed by atoms with Gasteiger partial charge in [0.1, 0.15) is 0 Å². The Morgan fingerprint density at radius 1 is 1.12 bits per heavy atom. The number of benzene rings is 1. The third kappa shape index (κ3) is 3.38. The van der Waals surface area contributed by atoms with Crippen LogP contribution in [0, 0.1) is 6.92 Å². The van der Waals surface area contributed by atoms with E-state index in [2.05, 4.69) is 0 Å². The van der Waals surface area contributed by atoms with Crippen LogP contribution in [0.2, 0.25) is 0 Å². The van der Waals surface area contributed by atoms with E-state index in [0.29, 0.717) is 0 Å². The summed E-state index contributed by atoms with van der Waals surface area (Å²) in [5.74, 6) is -1.06. The quantitative estimate of drug-likeness (QED) is 0.770. The molecule has 0 fully saturated rings. The van der Waals surface area contributed by atoms with Crippen LogP contribution >= 0.6 is 0 Å². The van der Waals surface area contributed by atoms with E-state index in [1.165, 1.54) is 0 Å². The number of carbonyl (C=O) groups is 2. The van der Waals surface area contributed by atoms with E-state index in [9.17, 15) is 9.59 Å². The van der Waals surface area contributed by atoms with Crippen molar-refractivity contribution in [3.63, 3.8) is 0 Å². The van der Waals surface area contributed by atoms with E-state index >= 15 is 0 Å². The third-order valence-electron chi connectivity index (χ3n) is 2.52. The minimum atomic E-state index is -0.422. The van der Waals surface area contributed by atoms with Gasteiger partial charge in [0.2, 0.25) is 11.8 Å². The third-order valence-corrected chi connectivity index (χ3v) is 2.52. The number of aryl methyl sites for hydroxylation is 1. The molecule has 4 heteroatoms. The molecule has 0 radical (unpaired) electrons. The zero-order valence-electron chi connectivity index (χ0n) is 9.27. The van der Waals surface area contributed by atoms with Gasteiger partial charge in [-0.3, -0.25) is 9.59 Å². The Bertz CT molecular complexity index is 386. The highest BCUT2D eigenvalue weighted by Crippen LogP contribution is 2.25. The molecule has 1 aromatic carbocycles. The molecule has 0 aliphatic carbocycles. The van der Waals surface area contributed by atoms with Gasteiger partial charge >= 0.3 is 0 Å². The fraction of sp³-hybridized carbons (Fsp3) is 0.333. The number of hydrogen-bond acceptors (Lipinski definition) is 2. The summed E-state index contributed by atoms with van der Waals surface area (Å²) >= 11 is 0. The maximum Gasteiger partial charge on any atom is 0.218 e. The Balaban J connectivity index is 2.96. The van der Waals surface area contributed by atoms with Crippen molar-refractivity contribution in [3.05, 3.63) is 35.4 Å². The van der Waals surface area contributed by atoms with Gasteiger partial charge in [-0.25, -0.2) is 0 Å². The van der Waals surface area contributed by atoms with Crippen molar-refractivity contribution in [2.24, 2.45) is 11.5 Å². The van der Waals surface area contributed by atoms with E-state index in [-0.39, 0.29) is 18.8 Å². The highest BCUT2D eigenvalue weighted by molar-refractivity contribution is 5.78. The largest absolute Gasteiger partial charge is 0.370 e. The Morgan fingerprint density at radius 2 is 1.62 bits per heavy atom. The summed E-state index contributed by atoms with van der Waals surface area (Å²) in [6.07, 6.45) is 0.293. The van der Waals surface area contributed by atoms with Crippen LogP contribution < -0.4 is 11.5 Å². The Morgan fingerprint density at radius 3 is 2.06 bits per heavy atom. The summed E-state index contributed by atoms with van der Waals surface area (Å²) in [5.41, 5.74) is 12.3. The van der Waals surface area contributed by atoms with Crippen molar-refractivity contribution in [2.45, 2.75) is 25.7 Å². The zero-order chi connectivity index (χ0) is 12.1. The molecule has 0 spiro atoms. The Hall–Kier alpha value is -1.84. The Kier molecular flexibility index (Phi) is 4.05. The normalized spacial score (nSPS) is 10.4. The Labute approximate surface area is 94.6 Å². The molecule has 0 aliphatic rings. The lowest BCUT2D eigenvalue weighted by atomic mass is 9.89. The summed E-state index contributed by atoms with van der Waals surface area (Å²) in [5, 5.41) is 0. The number of carbonyl (C=O) groups excluding carboxylic acids is 2. The van der Waals surface area contributed by atoms with Gasteiger partial charge in [-0.2, -0.15) is 0 Å². The van der Waals surface area contributed by atoms with Gasteiger partial charge in [-0.1, -0.05) is 24.3 Å². The van der Waals surface area contributed by atoms with E-state index in [1.807, 2.05) is 31.2 Å². The molecule has 0 aromatic heterocycles. The predicted octanol–water partition coefficient (Wildman–Crippen LogP) is 0.829. The molecule has 2 amide bonds. The summed E-state index contributed by atoms with van der Waals surface area (Å²) in [7, 11) is 0. The molecule has 0 saturated heterocycles. The van der Waals surface area contributed by atoms with Gasteiger partial charge in [0.05, 0.1) is 0 Å². The van der Waals surface area contributed by atoms with Gasteiger partial charge in [-0.05, 0) is 18.1 Å². The van der Waals surface area contributed by atoms with Gasteiger partial charge < -0.3 is 11.5 Å². The van der Waals surface area contributed by atoms with E-state index < -0.39 is 11.8 Å². The first-order chi connectivity index (χ1) is 7.50. The van der Waals surface area contributed by atoms with Crippen molar-refractivity contribution in [2.75, 3.05) is 0 Å². The second kappa shape index (κ2) is 5.30. The molecule has 0 atom stereocenters. The standard InChI is InChI=1S/C12H16N2O2/c1-8-4-2-3-5-10(8)9(6-11(13)15)7-12(14)16/h2-5,9H,6-7H2,1H3,(H2,13,15)(H2,14,16). The molecular formula is C12H16N2O2. The molecule has 4 nitrogen and oxygen atoms in total. The molecule has 0 aliphatic heterocycles. The van der Waals surface area contributed by atoms with Crippen LogP contribution in [0.5, 0.6) is 0 Å². The van der Waals surface area contributed by atoms with Gasteiger partial charge in [0, 0.05) is 18.8 Å². The molecule has 0 unspecified atom stereocenters. The van der Waals surface area contributed by atoms with Crippen LogP contribution in [0.4, 0.5) is 0 Å². The minimum Gasteiger partial charge on any atom is -0.370 e. The number of hydrogen-bond donors (Lipinski definition) is 2. The number of rotatable bonds is 5. The van der Waals surface area contributed by atoms with E-state index in [0.717, 1.165) is 11.1 Å². The second-order valence-corrected chi connectivity index (χ2v) is 3.89. The van der Waals surface area contributed by atoms with Crippen molar-refractivity contribution in [3.8, 4) is 0 Å². The van der Waals surface area contributed by atoms with Crippen LogP contribution in [0.15, 0.2) is 24.3 Å². The first kappa shape index (κ1) is 12.2. The summed E-state index contributed by atoms with van der Waals surface area (Å²) in [6.45, 7) is 1.93. The summed E-state index contributed by atoms with van der Waals surface area (Å²) < 4.78 is 0. The molecule has 4 N–H and O–H groups in total. The first-order valence-corrected chi connectivity index (χ1v) is 5.13. The SMILES string of the molecule is Cc1ccccc1C(CC(N)=O)CC(N)=O. The predicted molar refractivity (Wildman–Crippen MR) is 61.5 cm³/mol. The fourth-order valence-corrected chi connectivity index (χ4v) is 1.82. The molecular weight excluding hydrogens is 204 g/mol. The van der Waals surface area contributed by atoms with E-state index in [1.54, 1.807) is 0 Å². The molecule has 1 aromatic rings. The van der Waals surface area contributed by atoms with Crippen molar-refractivity contribution in [1.82, 2.24) is 0 Å². The number of nitrogens with two attached hydrogens (primary N) is 2. The average Bonchev–Trinajstić information content (AvgIpc) is 2.15. The maximum atomic E-state index is 10.9. The second-order valence-electron chi connectivity index (χ2n) is 3.89. The van der Waals surface area contributed by atoms with E-state index in [4.69, 9.17) is 11.5 Å². The summed E-state index contributed by atoms with van der Waals surface area (Å²) in [4.78, 5) is 21.9. The van der Waals surface area contributed by atoms with Gasteiger partial charge in [0.15, 0.2) is 0 Å². The maximum absolute atomic E-state index is 10.9. The first-order valence-electron chi connectivity index (χ1n) is 5.13. The van der Waals surface area contributed by atoms with Crippen LogP contribution in [0.1, 0.15) is 29.9 Å². The average molecular weight is 220 g/mol. The minimum absolute atomic E-state index is 0.147. The van der Waals surface area contributed by atoms with Crippen LogP contribution in [-0.2, 0) is 9.59 Å². The monoisotopic (exact) mass is 220 g/mol. The van der Waals surface area contributed by atoms with Crippen LogP contribution in [0.3, 0.4) is 0 Å². The molecule has 1 rings (SSSR count). The highest BCUT2D eigenvalue weighted by Gasteiger charge is 2.18. The topological polar surface area (TPSA) is 86.2 Å². The lowest BCUT2D eigenvalue weighted by Gasteiger charge is -2.16. The molecule has 0 bridgehead atoms. The molecule has 0 heterocycles. The van der Waals surface area contributed by atoms with Crippen molar-refractivity contribution >= 4 is 11.8 Å². The lowest BCUT2D eigenvalue weighted by molar-refractivity contribution is -0.119. The molecule has 86 valence electrons. The van der Waals surface area contributed by atoms with Gasteiger partial charge in [0.25, 0.3) is 0 Å². The number of primary amides is 2. The summed E-state index contributed by atoms with van der Waals surface area (Å²) in [6, 6.07) is 7.61. The fourth-order valence-electron chi connectivity index (χ4n) is 1.82. The van der Waals surface area contributed by atoms with Crippen molar-refractivity contribution < 1.29 is 9.59 Å². The van der Waals surface area contributed by atoms with Crippen LogP contribution in [0.25, 0.3) is 0 Å². The lowest BCUT2D eigenvalue weighted by Crippen LogP contribution is -2.21. The molecule has 0 saturated carbocycles. The smallest absolute Gasteiger partial charge is 0.218 e. The highest BCUT2D eigenvalue weighted by atomic mass is 16.1.